The number of aryl methyl sites for hydroxylation is 1. The molecule has 5 nitrogen and oxygen atoms in total. The van der Waals surface area contributed by atoms with Gasteiger partial charge in [-0.25, -0.2) is 0 Å². The Bertz CT molecular complexity index is 634. The molecule has 6 heteroatoms. The van der Waals surface area contributed by atoms with Crippen molar-refractivity contribution in [2.24, 2.45) is 12.0 Å². The molecule has 2 aromatic rings. The number of hydrogen-bond donors (Lipinski definition) is 1. The summed E-state index contributed by atoms with van der Waals surface area (Å²) in [4.78, 5) is 6.58. The average molecular weight is 397 g/mol. The van der Waals surface area contributed by atoms with Gasteiger partial charge in [0, 0.05) is 38.9 Å². The standard InChI is InChI=1S/C15H19N5.HI/c1-19-7-6-16-15(19)17-9-12-4-3-5-13(8-12)14-10-18-20(2)11-14;/h3-5,8,10-11H,6-7,9H2,1-2H3,(H,16,17);1H. The van der Waals surface area contributed by atoms with Gasteiger partial charge in [0.25, 0.3) is 0 Å². The zero-order valence-corrected chi connectivity index (χ0v) is 14.6. The van der Waals surface area contributed by atoms with E-state index in [0.717, 1.165) is 31.2 Å². The Morgan fingerprint density at radius 3 is 2.76 bits per heavy atom. The van der Waals surface area contributed by atoms with Gasteiger partial charge in [0.2, 0.25) is 0 Å². The maximum Gasteiger partial charge on any atom is 0.194 e. The summed E-state index contributed by atoms with van der Waals surface area (Å²) in [5.41, 5.74) is 3.58. The van der Waals surface area contributed by atoms with Crippen molar-refractivity contribution in [1.82, 2.24) is 20.0 Å². The van der Waals surface area contributed by atoms with Crippen molar-refractivity contribution in [3.05, 3.63) is 42.2 Å². The molecule has 0 saturated heterocycles. The minimum absolute atomic E-state index is 0. The van der Waals surface area contributed by atoms with E-state index in [1.165, 1.54) is 11.1 Å². The summed E-state index contributed by atoms with van der Waals surface area (Å²) < 4.78 is 1.82. The molecule has 1 aromatic heterocycles. The lowest BCUT2D eigenvalue weighted by molar-refractivity contribution is 0.534. The first-order chi connectivity index (χ1) is 9.72. The molecule has 0 saturated carbocycles. The van der Waals surface area contributed by atoms with Crippen LogP contribution in [0.25, 0.3) is 11.1 Å². The van der Waals surface area contributed by atoms with Crippen LogP contribution in [0.1, 0.15) is 5.56 Å². The van der Waals surface area contributed by atoms with Gasteiger partial charge in [-0.1, -0.05) is 18.2 Å². The molecule has 0 radical (unpaired) electrons. The summed E-state index contributed by atoms with van der Waals surface area (Å²) >= 11 is 0. The summed E-state index contributed by atoms with van der Waals surface area (Å²) in [5.74, 6) is 0.983. The van der Waals surface area contributed by atoms with E-state index in [1.54, 1.807) is 0 Å². The van der Waals surface area contributed by atoms with Gasteiger partial charge in [0.1, 0.15) is 0 Å². The molecule has 1 N–H and O–H groups in total. The van der Waals surface area contributed by atoms with Crippen LogP contribution in [0.4, 0.5) is 0 Å². The molecular formula is C15H20IN5. The van der Waals surface area contributed by atoms with E-state index in [-0.39, 0.29) is 24.0 Å². The molecule has 1 aliphatic heterocycles. The van der Waals surface area contributed by atoms with Crippen LogP contribution in [-0.2, 0) is 13.6 Å². The maximum absolute atomic E-state index is 4.43. The van der Waals surface area contributed by atoms with Crippen LogP contribution in [0.5, 0.6) is 0 Å². The lowest BCUT2D eigenvalue weighted by Crippen LogP contribution is -2.35. The third-order valence-electron chi connectivity index (χ3n) is 3.47. The normalized spacial score (nSPS) is 13.8. The van der Waals surface area contributed by atoms with Crippen molar-refractivity contribution >= 4 is 29.9 Å². The van der Waals surface area contributed by atoms with Crippen molar-refractivity contribution in [2.75, 3.05) is 20.1 Å². The second-order valence-corrected chi connectivity index (χ2v) is 5.08. The summed E-state index contributed by atoms with van der Waals surface area (Å²) in [7, 11) is 3.99. The van der Waals surface area contributed by atoms with E-state index in [4.69, 9.17) is 0 Å². The molecule has 0 atom stereocenters. The van der Waals surface area contributed by atoms with E-state index in [2.05, 4.69) is 51.6 Å². The predicted octanol–water partition coefficient (Wildman–Crippen LogP) is 2.10. The number of hydrogen-bond acceptors (Lipinski definition) is 4. The molecule has 112 valence electrons. The molecule has 0 bridgehead atoms. The van der Waals surface area contributed by atoms with Crippen molar-refractivity contribution in [2.45, 2.75) is 6.54 Å². The highest BCUT2D eigenvalue weighted by Crippen LogP contribution is 2.19. The minimum atomic E-state index is 0. The highest BCUT2D eigenvalue weighted by atomic mass is 127. The average Bonchev–Trinajstić information content (AvgIpc) is 3.06. The van der Waals surface area contributed by atoms with E-state index in [1.807, 2.05) is 24.1 Å². The number of guanidine groups is 1. The van der Waals surface area contributed by atoms with E-state index >= 15 is 0 Å². The number of rotatable bonds is 3. The quantitative estimate of drug-likeness (QED) is 0.808. The number of aromatic nitrogens is 2. The SMILES string of the molecule is CN1CCN=C1NCc1cccc(-c2cnn(C)c2)c1.I. The summed E-state index contributed by atoms with van der Waals surface area (Å²) in [6.45, 7) is 2.67. The van der Waals surface area contributed by atoms with E-state index in [0.29, 0.717) is 0 Å². The fraction of sp³-hybridized carbons (Fsp3) is 0.333. The molecule has 0 unspecified atom stereocenters. The first-order valence-electron chi connectivity index (χ1n) is 6.80. The van der Waals surface area contributed by atoms with Gasteiger partial charge < -0.3 is 10.2 Å². The highest BCUT2D eigenvalue weighted by Gasteiger charge is 2.11. The Balaban J connectivity index is 0.00000161. The smallest absolute Gasteiger partial charge is 0.194 e. The van der Waals surface area contributed by atoms with Gasteiger partial charge >= 0.3 is 0 Å². The number of likely N-dealkylation sites (N-methyl/N-ethyl adjacent to an activating group) is 1. The Kier molecular flexibility index (Phi) is 5.22. The largest absolute Gasteiger partial charge is 0.352 e. The molecule has 2 heterocycles. The van der Waals surface area contributed by atoms with Crippen molar-refractivity contribution < 1.29 is 0 Å². The predicted molar refractivity (Wildman–Crippen MR) is 95.8 cm³/mol. The highest BCUT2D eigenvalue weighted by molar-refractivity contribution is 14.0. The van der Waals surface area contributed by atoms with Gasteiger partial charge in [-0.05, 0) is 17.2 Å². The summed E-state index contributed by atoms with van der Waals surface area (Å²) in [5, 5.41) is 7.60. The molecule has 1 aliphatic rings. The van der Waals surface area contributed by atoms with Gasteiger partial charge in [0.15, 0.2) is 5.96 Å². The summed E-state index contributed by atoms with van der Waals surface area (Å²) in [6.07, 6.45) is 3.92. The fourth-order valence-electron chi connectivity index (χ4n) is 2.34. The number of benzene rings is 1. The summed E-state index contributed by atoms with van der Waals surface area (Å²) in [6, 6.07) is 8.52. The second kappa shape index (κ2) is 6.93. The van der Waals surface area contributed by atoms with Gasteiger partial charge in [0.05, 0.1) is 12.7 Å². The first kappa shape index (κ1) is 15.8. The zero-order valence-electron chi connectivity index (χ0n) is 12.3. The molecule has 0 fully saturated rings. The van der Waals surface area contributed by atoms with Crippen LogP contribution >= 0.6 is 24.0 Å². The molecule has 1 aromatic carbocycles. The number of halogens is 1. The van der Waals surface area contributed by atoms with Crippen LogP contribution in [0.3, 0.4) is 0 Å². The van der Waals surface area contributed by atoms with Gasteiger partial charge in [-0.15, -0.1) is 24.0 Å². The molecule has 21 heavy (non-hydrogen) atoms. The minimum Gasteiger partial charge on any atom is -0.352 e. The van der Waals surface area contributed by atoms with Crippen LogP contribution in [0.2, 0.25) is 0 Å². The third kappa shape index (κ3) is 3.75. The molecule has 3 rings (SSSR count). The van der Waals surface area contributed by atoms with E-state index in [9.17, 15) is 0 Å². The number of aliphatic imine (C=N–C) groups is 1. The van der Waals surface area contributed by atoms with Crippen LogP contribution < -0.4 is 5.32 Å². The van der Waals surface area contributed by atoms with Crippen molar-refractivity contribution in [3.63, 3.8) is 0 Å². The maximum atomic E-state index is 4.43. The molecular weight excluding hydrogens is 377 g/mol. The number of nitrogens with one attached hydrogen (secondary N) is 1. The van der Waals surface area contributed by atoms with Crippen LogP contribution in [0, 0.1) is 0 Å². The lowest BCUT2D eigenvalue weighted by atomic mass is 10.1. The van der Waals surface area contributed by atoms with E-state index < -0.39 is 0 Å². The zero-order chi connectivity index (χ0) is 13.9. The van der Waals surface area contributed by atoms with Crippen molar-refractivity contribution in [3.8, 4) is 11.1 Å². The third-order valence-corrected chi connectivity index (χ3v) is 3.47. The molecule has 0 aliphatic carbocycles. The first-order valence-corrected chi connectivity index (χ1v) is 6.80. The fourth-order valence-corrected chi connectivity index (χ4v) is 2.34. The van der Waals surface area contributed by atoms with Crippen LogP contribution in [0.15, 0.2) is 41.7 Å². The molecule has 0 spiro atoms. The second-order valence-electron chi connectivity index (χ2n) is 5.08. The Morgan fingerprint density at radius 1 is 1.24 bits per heavy atom. The number of nitrogens with zero attached hydrogens (tertiary/aromatic N) is 4. The van der Waals surface area contributed by atoms with Crippen LogP contribution in [-0.4, -0.2) is 40.8 Å². The Hall–Kier alpha value is -1.57. The monoisotopic (exact) mass is 397 g/mol. The topological polar surface area (TPSA) is 45.4 Å². The lowest BCUT2D eigenvalue weighted by Gasteiger charge is -2.15. The molecule has 0 amide bonds. The Morgan fingerprint density at radius 2 is 2.10 bits per heavy atom. The Labute approximate surface area is 142 Å². The van der Waals surface area contributed by atoms with Crippen molar-refractivity contribution in [1.29, 1.82) is 0 Å². The van der Waals surface area contributed by atoms with Gasteiger partial charge in [-0.2, -0.15) is 5.10 Å². The van der Waals surface area contributed by atoms with Gasteiger partial charge in [-0.3, -0.25) is 9.67 Å².